The Kier molecular flexibility index (Phi) is 6.81. The monoisotopic (exact) mass is 297 g/mol. The molecule has 118 valence electrons. The Bertz CT molecular complexity index is 475. The van der Waals surface area contributed by atoms with E-state index in [1.54, 1.807) is 41.2 Å². The van der Waals surface area contributed by atoms with Gasteiger partial charge in [-0.3, -0.25) is 4.79 Å². The lowest BCUT2D eigenvalue weighted by Crippen LogP contribution is -2.35. The van der Waals surface area contributed by atoms with Crippen LogP contribution in [0, 0.1) is 0 Å². The van der Waals surface area contributed by atoms with Crippen LogP contribution in [0.5, 0.6) is 17.2 Å². The molecule has 1 atom stereocenters. The van der Waals surface area contributed by atoms with Crippen molar-refractivity contribution < 1.29 is 23.7 Å². The van der Waals surface area contributed by atoms with E-state index < -0.39 is 6.04 Å². The van der Waals surface area contributed by atoms with Gasteiger partial charge < -0.3 is 24.3 Å². The van der Waals surface area contributed by atoms with Crippen LogP contribution in [-0.2, 0) is 16.1 Å². The first-order valence-electron chi connectivity index (χ1n) is 6.76. The highest BCUT2D eigenvalue weighted by Crippen LogP contribution is 2.39. The maximum atomic E-state index is 11.6. The highest BCUT2D eigenvalue weighted by Gasteiger charge is 2.18. The molecule has 1 unspecified atom stereocenters. The molecular formula is C15H23NO5. The van der Waals surface area contributed by atoms with Gasteiger partial charge in [-0.1, -0.05) is 6.07 Å². The second-order valence-electron chi connectivity index (χ2n) is 4.35. The van der Waals surface area contributed by atoms with Gasteiger partial charge in [0.2, 0.25) is 5.75 Å². The SMILES string of the molecule is CCOC(=O)C(C)NCc1ccc(OC)c(OC)c1OC. The Morgan fingerprint density at radius 3 is 2.33 bits per heavy atom. The van der Waals surface area contributed by atoms with Crippen molar-refractivity contribution in [3.05, 3.63) is 17.7 Å². The molecule has 0 fully saturated rings. The van der Waals surface area contributed by atoms with Crippen molar-refractivity contribution in [2.24, 2.45) is 0 Å². The molecule has 6 heteroatoms. The van der Waals surface area contributed by atoms with E-state index in [2.05, 4.69) is 5.32 Å². The number of hydrogen-bond acceptors (Lipinski definition) is 6. The highest BCUT2D eigenvalue weighted by atomic mass is 16.5. The zero-order valence-corrected chi connectivity index (χ0v) is 13.2. The van der Waals surface area contributed by atoms with Crippen molar-refractivity contribution in [2.45, 2.75) is 26.4 Å². The summed E-state index contributed by atoms with van der Waals surface area (Å²) < 4.78 is 20.9. The number of rotatable bonds is 8. The van der Waals surface area contributed by atoms with E-state index in [9.17, 15) is 4.79 Å². The quantitative estimate of drug-likeness (QED) is 0.738. The maximum Gasteiger partial charge on any atom is 0.322 e. The molecule has 1 aromatic rings. The summed E-state index contributed by atoms with van der Waals surface area (Å²) in [7, 11) is 4.69. The third-order valence-corrected chi connectivity index (χ3v) is 3.02. The van der Waals surface area contributed by atoms with Gasteiger partial charge in [0.15, 0.2) is 11.5 Å². The Morgan fingerprint density at radius 2 is 1.81 bits per heavy atom. The van der Waals surface area contributed by atoms with Gasteiger partial charge in [-0.2, -0.15) is 0 Å². The topological polar surface area (TPSA) is 66.0 Å². The number of carbonyl (C=O) groups is 1. The molecule has 1 aromatic carbocycles. The molecule has 0 aromatic heterocycles. The first-order chi connectivity index (χ1) is 10.1. The van der Waals surface area contributed by atoms with Crippen LogP contribution in [0.3, 0.4) is 0 Å². The van der Waals surface area contributed by atoms with Crippen molar-refractivity contribution in [3.8, 4) is 17.2 Å². The Hall–Kier alpha value is -1.95. The summed E-state index contributed by atoms with van der Waals surface area (Å²) in [5.41, 5.74) is 0.867. The van der Waals surface area contributed by atoms with E-state index in [1.165, 1.54) is 0 Å². The fourth-order valence-electron chi connectivity index (χ4n) is 1.92. The zero-order chi connectivity index (χ0) is 15.8. The van der Waals surface area contributed by atoms with E-state index in [0.717, 1.165) is 5.56 Å². The summed E-state index contributed by atoms with van der Waals surface area (Å²) in [6.45, 7) is 4.35. The molecule has 1 N–H and O–H groups in total. The standard InChI is InChI=1S/C15H23NO5/c1-6-21-15(17)10(2)16-9-11-7-8-12(18-3)14(20-5)13(11)19-4/h7-8,10,16H,6,9H2,1-5H3. The minimum Gasteiger partial charge on any atom is -0.493 e. The maximum absolute atomic E-state index is 11.6. The lowest BCUT2D eigenvalue weighted by atomic mass is 10.1. The van der Waals surface area contributed by atoms with Crippen LogP contribution in [0.15, 0.2) is 12.1 Å². The van der Waals surface area contributed by atoms with E-state index in [1.807, 2.05) is 6.07 Å². The number of esters is 1. The minimum absolute atomic E-state index is 0.281. The van der Waals surface area contributed by atoms with Crippen LogP contribution in [-0.4, -0.2) is 39.9 Å². The summed E-state index contributed by atoms with van der Waals surface area (Å²) in [6.07, 6.45) is 0. The molecule has 0 radical (unpaired) electrons. The summed E-state index contributed by atoms with van der Waals surface area (Å²) in [4.78, 5) is 11.6. The molecule has 0 heterocycles. The number of hydrogen-bond donors (Lipinski definition) is 1. The Labute approximate surface area is 125 Å². The molecule has 0 aliphatic rings. The number of ether oxygens (including phenoxy) is 4. The van der Waals surface area contributed by atoms with Crippen LogP contribution >= 0.6 is 0 Å². The van der Waals surface area contributed by atoms with Crippen molar-refractivity contribution in [1.82, 2.24) is 5.32 Å². The smallest absolute Gasteiger partial charge is 0.322 e. The predicted octanol–water partition coefficient (Wildman–Crippen LogP) is 1.75. The van der Waals surface area contributed by atoms with E-state index >= 15 is 0 Å². The summed E-state index contributed by atoms with van der Waals surface area (Å²) in [5.74, 6) is 1.43. The zero-order valence-electron chi connectivity index (χ0n) is 13.2. The fourth-order valence-corrected chi connectivity index (χ4v) is 1.92. The van der Waals surface area contributed by atoms with Crippen molar-refractivity contribution >= 4 is 5.97 Å². The van der Waals surface area contributed by atoms with Gasteiger partial charge in [0.05, 0.1) is 27.9 Å². The van der Waals surface area contributed by atoms with Gasteiger partial charge in [0.25, 0.3) is 0 Å². The molecule has 6 nitrogen and oxygen atoms in total. The number of nitrogens with one attached hydrogen (secondary N) is 1. The van der Waals surface area contributed by atoms with Crippen molar-refractivity contribution in [3.63, 3.8) is 0 Å². The van der Waals surface area contributed by atoms with Gasteiger partial charge in [-0.05, 0) is 19.9 Å². The molecule has 0 bridgehead atoms. The Morgan fingerprint density at radius 1 is 1.14 bits per heavy atom. The molecule has 0 saturated heterocycles. The molecule has 21 heavy (non-hydrogen) atoms. The first kappa shape index (κ1) is 17.1. The third-order valence-electron chi connectivity index (χ3n) is 3.02. The van der Waals surface area contributed by atoms with E-state index in [4.69, 9.17) is 18.9 Å². The van der Waals surface area contributed by atoms with Crippen molar-refractivity contribution in [2.75, 3.05) is 27.9 Å². The molecule has 0 aliphatic carbocycles. The van der Waals surface area contributed by atoms with Crippen LogP contribution in [0.1, 0.15) is 19.4 Å². The second-order valence-corrected chi connectivity index (χ2v) is 4.35. The summed E-state index contributed by atoms with van der Waals surface area (Å²) in [6, 6.07) is 3.26. The van der Waals surface area contributed by atoms with Crippen LogP contribution in [0.2, 0.25) is 0 Å². The third kappa shape index (κ3) is 4.26. The summed E-state index contributed by atoms with van der Waals surface area (Å²) >= 11 is 0. The molecule has 0 spiro atoms. The lowest BCUT2D eigenvalue weighted by molar-refractivity contribution is -0.145. The van der Waals surface area contributed by atoms with Gasteiger partial charge in [-0.25, -0.2) is 0 Å². The lowest BCUT2D eigenvalue weighted by Gasteiger charge is -2.17. The second kappa shape index (κ2) is 8.36. The minimum atomic E-state index is -0.400. The van der Waals surface area contributed by atoms with E-state index in [0.29, 0.717) is 30.4 Å². The highest BCUT2D eigenvalue weighted by molar-refractivity contribution is 5.75. The average molecular weight is 297 g/mol. The van der Waals surface area contributed by atoms with Crippen LogP contribution < -0.4 is 19.5 Å². The molecule has 0 amide bonds. The molecule has 0 saturated carbocycles. The van der Waals surface area contributed by atoms with Gasteiger partial charge in [0, 0.05) is 12.1 Å². The number of carbonyl (C=O) groups excluding carboxylic acids is 1. The Balaban J connectivity index is 2.86. The summed E-state index contributed by atoms with van der Waals surface area (Å²) in [5, 5.41) is 3.10. The predicted molar refractivity (Wildman–Crippen MR) is 79.0 cm³/mol. The van der Waals surface area contributed by atoms with Crippen LogP contribution in [0.4, 0.5) is 0 Å². The van der Waals surface area contributed by atoms with Crippen LogP contribution in [0.25, 0.3) is 0 Å². The molecular weight excluding hydrogens is 274 g/mol. The molecule has 0 aliphatic heterocycles. The first-order valence-corrected chi connectivity index (χ1v) is 6.76. The number of benzene rings is 1. The average Bonchev–Trinajstić information content (AvgIpc) is 2.51. The normalized spacial score (nSPS) is 11.7. The molecule has 1 rings (SSSR count). The fraction of sp³-hybridized carbons (Fsp3) is 0.533. The van der Waals surface area contributed by atoms with Gasteiger partial charge in [0.1, 0.15) is 6.04 Å². The largest absolute Gasteiger partial charge is 0.493 e. The van der Waals surface area contributed by atoms with E-state index in [-0.39, 0.29) is 5.97 Å². The van der Waals surface area contributed by atoms with Gasteiger partial charge >= 0.3 is 5.97 Å². The van der Waals surface area contributed by atoms with Gasteiger partial charge in [-0.15, -0.1) is 0 Å². The van der Waals surface area contributed by atoms with Crippen molar-refractivity contribution in [1.29, 1.82) is 0 Å². The number of methoxy groups -OCH3 is 3.